The molecule has 0 aliphatic heterocycles. The predicted molar refractivity (Wildman–Crippen MR) is 131 cm³/mol. The van der Waals surface area contributed by atoms with Crippen molar-refractivity contribution in [2.45, 2.75) is 36.6 Å². The van der Waals surface area contributed by atoms with E-state index >= 15 is 0 Å². The Morgan fingerprint density at radius 2 is 1.86 bits per heavy atom. The van der Waals surface area contributed by atoms with Gasteiger partial charge in [-0.1, -0.05) is 25.0 Å². The molecule has 0 atom stereocenters. The Labute approximate surface area is 202 Å². The second-order valence-electron chi connectivity index (χ2n) is 8.50. The Bertz CT molecular complexity index is 1580. The van der Waals surface area contributed by atoms with Gasteiger partial charge in [-0.05, 0) is 49.2 Å². The van der Waals surface area contributed by atoms with Crippen LogP contribution >= 0.6 is 0 Å². The molecule has 9 nitrogen and oxygen atoms in total. The van der Waals surface area contributed by atoms with Crippen LogP contribution in [0.25, 0.3) is 11.0 Å². The number of hydrogen-bond donors (Lipinski definition) is 2. The molecule has 0 radical (unpaired) electrons. The first-order valence-corrected chi connectivity index (χ1v) is 12.6. The van der Waals surface area contributed by atoms with Gasteiger partial charge in [-0.3, -0.25) is 9.52 Å². The van der Waals surface area contributed by atoms with Crippen molar-refractivity contribution in [3.63, 3.8) is 0 Å². The van der Waals surface area contributed by atoms with Crippen LogP contribution in [0.5, 0.6) is 0 Å². The van der Waals surface area contributed by atoms with E-state index in [0.29, 0.717) is 27.7 Å². The van der Waals surface area contributed by atoms with Crippen molar-refractivity contribution in [1.82, 2.24) is 14.5 Å². The SMILES string of the molecule is N#Cc1ccc(S(=O)(=O)Nc2cccc(C(=O)c3cn(C4CCCC4)c4ncnc(N)c34)c2)cc1. The van der Waals surface area contributed by atoms with Crippen LogP contribution in [0.15, 0.2) is 66.0 Å². The predicted octanol–water partition coefficient (Wildman–Crippen LogP) is 4.03. The Hall–Kier alpha value is -4.23. The average Bonchev–Trinajstić information content (AvgIpc) is 3.52. The van der Waals surface area contributed by atoms with E-state index in [0.717, 1.165) is 25.7 Å². The summed E-state index contributed by atoms with van der Waals surface area (Å²) >= 11 is 0. The van der Waals surface area contributed by atoms with Crippen molar-refractivity contribution >= 4 is 38.3 Å². The Morgan fingerprint density at radius 3 is 2.57 bits per heavy atom. The monoisotopic (exact) mass is 486 g/mol. The molecular formula is C25H22N6O3S. The minimum absolute atomic E-state index is 0.0118. The second-order valence-corrected chi connectivity index (χ2v) is 10.2. The number of sulfonamides is 1. The van der Waals surface area contributed by atoms with Crippen LogP contribution in [0.1, 0.15) is 53.2 Å². The van der Waals surface area contributed by atoms with Gasteiger partial charge in [-0.2, -0.15) is 5.26 Å². The lowest BCUT2D eigenvalue weighted by Gasteiger charge is -2.12. The van der Waals surface area contributed by atoms with Gasteiger partial charge in [0.15, 0.2) is 5.78 Å². The molecule has 2 aromatic heterocycles. The zero-order valence-corrected chi connectivity index (χ0v) is 19.5. The molecule has 3 N–H and O–H groups in total. The normalized spacial score (nSPS) is 14.1. The number of aromatic nitrogens is 3. The summed E-state index contributed by atoms with van der Waals surface area (Å²) in [6.45, 7) is 0. The van der Waals surface area contributed by atoms with Crippen molar-refractivity contribution in [3.8, 4) is 6.07 Å². The average molecular weight is 487 g/mol. The number of benzene rings is 2. The maximum absolute atomic E-state index is 13.6. The molecule has 0 amide bonds. The lowest BCUT2D eigenvalue weighted by Crippen LogP contribution is -2.13. The number of nitrogen functional groups attached to an aromatic ring is 1. The number of hydrogen-bond acceptors (Lipinski definition) is 7. The summed E-state index contributed by atoms with van der Waals surface area (Å²) in [5.74, 6) is -0.0690. The number of ketones is 1. The molecular weight excluding hydrogens is 464 g/mol. The van der Waals surface area contributed by atoms with Crippen LogP contribution in [-0.4, -0.2) is 28.7 Å². The molecule has 0 unspecified atom stereocenters. The highest BCUT2D eigenvalue weighted by molar-refractivity contribution is 7.92. The van der Waals surface area contributed by atoms with Gasteiger partial charge >= 0.3 is 0 Å². The first-order valence-electron chi connectivity index (χ1n) is 11.2. The first-order chi connectivity index (χ1) is 16.9. The maximum atomic E-state index is 13.6. The molecule has 35 heavy (non-hydrogen) atoms. The van der Waals surface area contributed by atoms with Gasteiger partial charge in [0.25, 0.3) is 10.0 Å². The summed E-state index contributed by atoms with van der Waals surface area (Å²) in [5, 5.41) is 9.43. The van der Waals surface area contributed by atoms with E-state index in [1.54, 1.807) is 24.4 Å². The molecule has 0 bridgehead atoms. The summed E-state index contributed by atoms with van der Waals surface area (Å²) in [6.07, 6.45) is 7.45. The van der Waals surface area contributed by atoms with Crippen molar-refractivity contribution in [2.75, 3.05) is 10.5 Å². The summed E-state index contributed by atoms with van der Waals surface area (Å²) in [5.41, 5.74) is 8.07. The molecule has 2 heterocycles. The standard InChI is InChI=1S/C25H22N6O3S/c26-13-16-8-10-20(11-9-16)35(33,34)30-18-5-3-4-17(12-18)23(32)21-14-31(19-6-1-2-7-19)25-22(21)24(27)28-15-29-25/h3-5,8-12,14-15,19,30H,1-2,6-7H2,(H2,27,28,29). The highest BCUT2D eigenvalue weighted by atomic mass is 32.2. The Balaban J connectivity index is 1.49. The zero-order valence-electron chi connectivity index (χ0n) is 18.7. The van der Waals surface area contributed by atoms with Crippen LogP contribution < -0.4 is 10.5 Å². The number of carbonyl (C=O) groups is 1. The van der Waals surface area contributed by atoms with Crippen molar-refractivity contribution in [1.29, 1.82) is 5.26 Å². The fourth-order valence-corrected chi connectivity index (χ4v) is 5.59. The van der Waals surface area contributed by atoms with Gasteiger partial charge in [-0.15, -0.1) is 0 Å². The largest absolute Gasteiger partial charge is 0.383 e. The third-order valence-electron chi connectivity index (χ3n) is 6.27. The zero-order chi connectivity index (χ0) is 24.6. The molecule has 176 valence electrons. The van der Waals surface area contributed by atoms with Crippen LogP contribution in [0.4, 0.5) is 11.5 Å². The van der Waals surface area contributed by atoms with Gasteiger partial charge in [0.1, 0.15) is 17.8 Å². The third kappa shape index (κ3) is 4.22. The number of nitriles is 1. The summed E-state index contributed by atoms with van der Waals surface area (Å²) in [7, 11) is -3.91. The maximum Gasteiger partial charge on any atom is 0.261 e. The minimum atomic E-state index is -3.91. The Kier molecular flexibility index (Phi) is 5.70. The van der Waals surface area contributed by atoms with Crippen LogP contribution in [0, 0.1) is 11.3 Å². The lowest BCUT2D eigenvalue weighted by molar-refractivity contribution is 0.104. The highest BCUT2D eigenvalue weighted by Gasteiger charge is 2.26. The molecule has 1 fully saturated rings. The molecule has 0 spiro atoms. The summed E-state index contributed by atoms with van der Waals surface area (Å²) < 4.78 is 30.1. The molecule has 1 aliphatic rings. The fourth-order valence-electron chi connectivity index (χ4n) is 4.54. The van der Waals surface area contributed by atoms with Crippen LogP contribution in [0.3, 0.4) is 0 Å². The fraction of sp³-hybridized carbons (Fsp3) is 0.200. The number of fused-ring (bicyclic) bond motifs is 1. The summed E-state index contributed by atoms with van der Waals surface area (Å²) in [4.78, 5) is 22.1. The molecule has 1 aliphatic carbocycles. The number of anilines is 2. The topological polar surface area (TPSA) is 144 Å². The van der Waals surface area contributed by atoms with Gasteiger partial charge in [-0.25, -0.2) is 18.4 Å². The summed E-state index contributed by atoms with van der Waals surface area (Å²) in [6, 6.07) is 14.1. The van der Waals surface area contributed by atoms with E-state index in [-0.39, 0.29) is 28.2 Å². The van der Waals surface area contributed by atoms with E-state index in [4.69, 9.17) is 11.0 Å². The van der Waals surface area contributed by atoms with E-state index in [9.17, 15) is 13.2 Å². The molecule has 5 rings (SSSR count). The second kappa shape index (κ2) is 8.85. The first kappa shape index (κ1) is 22.6. The molecule has 1 saturated carbocycles. The van der Waals surface area contributed by atoms with Crippen molar-refractivity contribution in [3.05, 3.63) is 77.7 Å². The molecule has 2 aromatic carbocycles. The van der Waals surface area contributed by atoms with E-state index in [2.05, 4.69) is 14.7 Å². The third-order valence-corrected chi connectivity index (χ3v) is 7.67. The van der Waals surface area contributed by atoms with E-state index in [1.165, 1.54) is 36.7 Å². The van der Waals surface area contributed by atoms with Gasteiger partial charge in [0.05, 0.1) is 27.5 Å². The van der Waals surface area contributed by atoms with Crippen LogP contribution in [0.2, 0.25) is 0 Å². The number of carbonyl (C=O) groups excluding carboxylic acids is 1. The molecule has 4 aromatic rings. The Morgan fingerprint density at radius 1 is 1.11 bits per heavy atom. The van der Waals surface area contributed by atoms with Crippen LogP contribution in [-0.2, 0) is 10.0 Å². The van der Waals surface area contributed by atoms with E-state index < -0.39 is 10.0 Å². The van der Waals surface area contributed by atoms with Gasteiger partial charge in [0, 0.05) is 23.5 Å². The minimum Gasteiger partial charge on any atom is -0.383 e. The number of nitrogens with one attached hydrogen (secondary N) is 1. The number of nitrogens with two attached hydrogens (primary N) is 1. The van der Waals surface area contributed by atoms with E-state index in [1.807, 2.05) is 10.6 Å². The lowest BCUT2D eigenvalue weighted by atomic mass is 10.0. The number of nitrogens with zero attached hydrogens (tertiary/aromatic N) is 4. The van der Waals surface area contributed by atoms with Gasteiger partial charge < -0.3 is 10.3 Å². The smallest absolute Gasteiger partial charge is 0.261 e. The number of rotatable bonds is 6. The van der Waals surface area contributed by atoms with Crippen molar-refractivity contribution < 1.29 is 13.2 Å². The molecule has 10 heteroatoms. The highest BCUT2D eigenvalue weighted by Crippen LogP contribution is 2.35. The van der Waals surface area contributed by atoms with Crippen molar-refractivity contribution in [2.24, 2.45) is 0 Å². The van der Waals surface area contributed by atoms with Gasteiger partial charge in [0.2, 0.25) is 0 Å². The quantitative estimate of drug-likeness (QED) is 0.392. The molecule has 0 saturated heterocycles.